The van der Waals surface area contributed by atoms with Gasteiger partial charge in [-0.1, -0.05) is 139 Å². The van der Waals surface area contributed by atoms with Crippen molar-refractivity contribution in [2.75, 3.05) is 0 Å². The SMILES string of the molecule is [2H]c1c([2H])c(-c2c3ccccc3c(-c3cccc(-c4ccc5ccccc5c4)c3)c3ccccc23)c2c(oc3c([2H])c4c([2H])c([2H])c([2H])c([2H])c4c([2H])c32)c1[2H]. The van der Waals surface area contributed by atoms with Gasteiger partial charge in [-0.15, -0.1) is 0 Å². The van der Waals surface area contributed by atoms with Crippen LogP contribution < -0.4 is 0 Å². The maximum Gasteiger partial charge on any atom is 0.136 e. The van der Waals surface area contributed by atoms with E-state index < -0.39 is 30.2 Å². The van der Waals surface area contributed by atoms with Crippen LogP contribution >= 0.6 is 0 Å². The molecule has 1 aromatic heterocycles. The largest absolute Gasteiger partial charge is 0.456 e. The van der Waals surface area contributed by atoms with Crippen LogP contribution in [0.1, 0.15) is 12.3 Å². The first-order valence-corrected chi connectivity index (χ1v) is 15.4. The van der Waals surface area contributed by atoms with E-state index in [0.717, 1.165) is 54.6 Å². The normalized spacial score (nSPS) is 14.5. The number of rotatable bonds is 3. The van der Waals surface area contributed by atoms with Crippen LogP contribution in [0.25, 0.3) is 98.4 Å². The lowest BCUT2D eigenvalue weighted by Crippen LogP contribution is -1.91. The fourth-order valence-corrected chi connectivity index (χ4v) is 7.04. The van der Waals surface area contributed by atoms with Crippen molar-refractivity contribution >= 4 is 65.0 Å². The molecule has 1 nitrogen and oxygen atoms in total. The maximum atomic E-state index is 9.47. The van der Waals surface area contributed by atoms with Crippen LogP contribution in [0.15, 0.2) is 174 Å². The van der Waals surface area contributed by atoms with Crippen molar-refractivity contribution < 1.29 is 16.8 Å². The Kier molecular flexibility index (Phi) is 4.05. The van der Waals surface area contributed by atoms with Crippen LogP contribution in [-0.4, -0.2) is 0 Å². The zero-order valence-electron chi connectivity index (χ0n) is 33.9. The molecule has 1 heterocycles. The summed E-state index contributed by atoms with van der Waals surface area (Å²) in [6.45, 7) is 0. The molecule has 10 rings (SSSR count). The van der Waals surface area contributed by atoms with Crippen molar-refractivity contribution in [3.05, 3.63) is 170 Å². The van der Waals surface area contributed by atoms with Crippen molar-refractivity contribution in [1.82, 2.24) is 0 Å². The Morgan fingerprint density at radius 2 is 1.04 bits per heavy atom. The third-order valence-electron chi connectivity index (χ3n) is 9.11. The molecule has 0 unspecified atom stereocenters. The summed E-state index contributed by atoms with van der Waals surface area (Å²) in [6.07, 6.45) is 0. The maximum absolute atomic E-state index is 9.47. The number of hydrogen-bond donors (Lipinski definition) is 0. The van der Waals surface area contributed by atoms with E-state index in [1.54, 1.807) is 0 Å². The number of hydrogen-bond acceptors (Lipinski definition) is 1. The highest BCUT2D eigenvalue weighted by Crippen LogP contribution is 2.47. The summed E-state index contributed by atoms with van der Waals surface area (Å²) >= 11 is 0. The molecule has 0 saturated heterocycles. The van der Waals surface area contributed by atoms with E-state index in [1.807, 2.05) is 66.7 Å². The Balaban J connectivity index is 1.33. The average molecular weight is 606 g/mol. The smallest absolute Gasteiger partial charge is 0.136 e. The monoisotopic (exact) mass is 605 g/mol. The molecule has 0 bridgehead atoms. The summed E-state index contributed by atoms with van der Waals surface area (Å²) in [7, 11) is 0. The topological polar surface area (TPSA) is 13.1 Å². The second kappa shape index (κ2) is 10.2. The van der Waals surface area contributed by atoms with Gasteiger partial charge in [-0.2, -0.15) is 0 Å². The third kappa shape index (κ3) is 4.03. The molecule has 0 radical (unpaired) electrons. The Morgan fingerprint density at radius 1 is 0.404 bits per heavy atom. The molecule has 0 N–H and O–H groups in total. The highest BCUT2D eigenvalue weighted by Gasteiger charge is 2.20. The van der Waals surface area contributed by atoms with E-state index in [4.69, 9.17) is 14.0 Å². The van der Waals surface area contributed by atoms with Crippen LogP contribution in [0.2, 0.25) is 0 Å². The van der Waals surface area contributed by atoms with Gasteiger partial charge < -0.3 is 4.42 Å². The molecule has 0 saturated carbocycles. The molecular weight excluding hydrogens is 569 g/mol. The van der Waals surface area contributed by atoms with E-state index in [2.05, 4.69) is 48.5 Å². The minimum Gasteiger partial charge on any atom is -0.456 e. The Morgan fingerprint density at radius 3 is 1.81 bits per heavy atom. The standard InChI is InChI=1S/C46H28O/c1-2-12-30-25-34(24-23-29(30)11-1)31-15-9-16-35(26-31)44-36-17-5-7-19-38(36)45(39-20-8-6-18-37(39)44)40-21-10-22-42-46(40)41-27-32-13-3-4-14-33(32)28-43(41)47-42/h1-28H/i3D,4D,10D,13D,14D,21D,22D,27D,28D. The second-order valence-corrected chi connectivity index (χ2v) is 11.7. The lowest BCUT2D eigenvalue weighted by atomic mass is 9.84. The molecule has 0 aliphatic heterocycles. The van der Waals surface area contributed by atoms with E-state index in [0.29, 0.717) is 5.56 Å². The van der Waals surface area contributed by atoms with E-state index in [-0.39, 0.29) is 62.4 Å². The van der Waals surface area contributed by atoms with E-state index >= 15 is 0 Å². The summed E-state index contributed by atoms with van der Waals surface area (Å²) < 4.78 is 86.1. The number of fused-ring (bicyclic) bond motifs is 7. The first-order chi connectivity index (χ1) is 27.1. The molecule has 47 heavy (non-hydrogen) atoms. The van der Waals surface area contributed by atoms with Gasteiger partial charge in [0.15, 0.2) is 0 Å². The molecule has 0 spiro atoms. The van der Waals surface area contributed by atoms with Gasteiger partial charge in [0, 0.05) is 10.8 Å². The molecule has 0 aliphatic rings. The van der Waals surface area contributed by atoms with E-state index in [1.165, 1.54) is 0 Å². The van der Waals surface area contributed by atoms with Gasteiger partial charge in [0.2, 0.25) is 0 Å². The first-order valence-electron chi connectivity index (χ1n) is 19.9. The van der Waals surface area contributed by atoms with Crippen molar-refractivity contribution in [2.45, 2.75) is 0 Å². The van der Waals surface area contributed by atoms with Crippen LogP contribution in [0.3, 0.4) is 0 Å². The van der Waals surface area contributed by atoms with Gasteiger partial charge in [-0.3, -0.25) is 0 Å². The lowest BCUT2D eigenvalue weighted by Gasteiger charge is -2.18. The zero-order valence-corrected chi connectivity index (χ0v) is 24.9. The summed E-state index contributed by atoms with van der Waals surface area (Å²) in [5.74, 6) is 0. The fourth-order valence-electron chi connectivity index (χ4n) is 7.04. The van der Waals surface area contributed by atoms with Crippen molar-refractivity contribution in [3.63, 3.8) is 0 Å². The summed E-state index contributed by atoms with van der Waals surface area (Å²) in [6, 6.07) is 35.2. The van der Waals surface area contributed by atoms with Gasteiger partial charge in [-0.25, -0.2) is 0 Å². The molecule has 10 aromatic rings. The molecular formula is C46H28O. The Hall–Kier alpha value is -6.18. The molecule has 0 aliphatic carbocycles. The van der Waals surface area contributed by atoms with Crippen molar-refractivity contribution in [3.8, 4) is 33.4 Å². The highest BCUT2D eigenvalue weighted by atomic mass is 16.3. The molecule has 0 amide bonds. The minimum atomic E-state index is -0.532. The fraction of sp³-hybridized carbons (Fsp3) is 0. The summed E-state index contributed by atoms with van der Waals surface area (Å²) in [5, 5.41) is 5.52. The molecule has 0 atom stereocenters. The zero-order chi connectivity index (χ0) is 38.7. The van der Waals surface area contributed by atoms with Crippen molar-refractivity contribution in [2.24, 2.45) is 0 Å². The molecule has 218 valence electrons. The molecule has 1 heteroatoms. The van der Waals surface area contributed by atoms with Crippen LogP contribution in [0, 0.1) is 0 Å². The first kappa shape index (κ1) is 18.7. The number of furan rings is 1. The quantitative estimate of drug-likeness (QED) is 0.183. The number of benzene rings is 9. The van der Waals surface area contributed by atoms with Crippen LogP contribution in [0.5, 0.6) is 0 Å². The van der Waals surface area contributed by atoms with Crippen molar-refractivity contribution in [1.29, 1.82) is 0 Å². The average Bonchev–Trinajstić information content (AvgIpc) is 3.63. The summed E-state index contributed by atoms with van der Waals surface area (Å²) in [5.41, 5.74) is 4.70. The van der Waals surface area contributed by atoms with Gasteiger partial charge in [-0.05, 0) is 107 Å². The minimum absolute atomic E-state index is 0.0554. The van der Waals surface area contributed by atoms with Crippen LogP contribution in [-0.2, 0) is 0 Å². The van der Waals surface area contributed by atoms with E-state index in [9.17, 15) is 2.74 Å². The molecule has 0 fully saturated rings. The van der Waals surface area contributed by atoms with Gasteiger partial charge in [0.05, 0.1) is 12.3 Å². The Bertz CT molecular complexity index is 3310. The predicted octanol–water partition coefficient (Wildman–Crippen LogP) is 13.2. The second-order valence-electron chi connectivity index (χ2n) is 11.7. The Labute approximate surface area is 284 Å². The highest BCUT2D eigenvalue weighted by molar-refractivity contribution is 6.26. The third-order valence-corrected chi connectivity index (χ3v) is 9.11. The lowest BCUT2D eigenvalue weighted by molar-refractivity contribution is 0.669. The predicted molar refractivity (Wildman–Crippen MR) is 200 cm³/mol. The van der Waals surface area contributed by atoms with Gasteiger partial charge in [0.25, 0.3) is 0 Å². The van der Waals surface area contributed by atoms with Crippen LogP contribution in [0.4, 0.5) is 0 Å². The van der Waals surface area contributed by atoms with Gasteiger partial charge in [0.1, 0.15) is 11.2 Å². The summed E-state index contributed by atoms with van der Waals surface area (Å²) in [4.78, 5) is 0. The molecule has 9 aromatic carbocycles. The van der Waals surface area contributed by atoms with Gasteiger partial charge >= 0.3 is 0 Å².